The van der Waals surface area contributed by atoms with E-state index in [1.54, 1.807) is 17.0 Å². The van der Waals surface area contributed by atoms with Gasteiger partial charge in [-0.2, -0.15) is 0 Å². The number of aromatic nitrogens is 3. The van der Waals surface area contributed by atoms with Crippen LogP contribution in [0, 0.1) is 11.7 Å². The van der Waals surface area contributed by atoms with Crippen LogP contribution in [0.25, 0.3) is 11.0 Å². The zero-order valence-electron chi connectivity index (χ0n) is 17.3. The Morgan fingerprint density at radius 3 is 2.68 bits per heavy atom. The van der Waals surface area contributed by atoms with Gasteiger partial charge >= 0.3 is 0 Å². The molecule has 9 heteroatoms. The molecule has 7 nitrogen and oxygen atoms in total. The van der Waals surface area contributed by atoms with Crippen LogP contribution in [0.1, 0.15) is 40.5 Å². The van der Waals surface area contributed by atoms with Crippen molar-refractivity contribution < 1.29 is 18.4 Å². The summed E-state index contributed by atoms with van der Waals surface area (Å²) in [5, 5.41) is 2.69. The van der Waals surface area contributed by atoms with Crippen molar-refractivity contribution in [2.24, 2.45) is 18.7 Å². The van der Waals surface area contributed by atoms with Crippen LogP contribution in [0.3, 0.4) is 0 Å². The molecule has 2 heterocycles. The average molecular weight is 427 g/mol. The molecule has 3 N–H and O–H groups in total. The quantitative estimate of drug-likeness (QED) is 0.605. The number of nitrogens with one attached hydrogen (secondary N) is 1. The Balaban J connectivity index is 1.62. The van der Waals surface area contributed by atoms with Gasteiger partial charge in [0.05, 0.1) is 17.8 Å². The van der Waals surface area contributed by atoms with Gasteiger partial charge in [-0.25, -0.2) is 18.7 Å². The number of benzene rings is 1. The summed E-state index contributed by atoms with van der Waals surface area (Å²) in [6.07, 6.45) is 2.03. The number of carbonyl (C=O) groups is 2. The first-order chi connectivity index (χ1) is 14.8. The smallest absolute Gasteiger partial charge is 0.248 e. The lowest BCUT2D eigenvalue weighted by Crippen LogP contribution is -2.17. The van der Waals surface area contributed by atoms with E-state index < -0.39 is 29.7 Å². The zero-order valence-corrected chi connectivity index (χ0v) is 17.3. The van der Waals surface area contributed by atoms with Gasteiger partial charge in [-0.15, -0.1) is 0 Å². The molecule has 4 rings (SSSR count). The molecule has 0 unspecified atom stereocenters. The van der Waals surface area contributed by atoms with Crippen LogP contribution in [-0.2, 0) is 31.1 Å². The van der Waals surface area contributed by atoms with Crippen LogP contribution in [0.2, 0.25) is 0 Å². The molecule has 1 saturated carbocycles. The molecule has 0 radical (unpaired) electrons. The third kappa shape index (κ3) is 4.12. The number of hydrogen-bond acceptors (Lipinski definition) is 4. The molecule has 2 amide bonds. The Kier molecular flexibility index (Phi) is 5.43. The fourth-order valence-corrected chi connectivity index (χ4v) is 3.72. The van der Waals surface area contributed by atoms with Crippen molar-refractivity contribution >= 4 is 28.7 Å². The Hall–Kier alpha value is -3.36. The lowest BCUT2D eigenvalue weighted by Gasteiger charge is -2.12. The predicted octanol–water partition coefficient (Wildman–Crippen LogP) is 2.85. The predicted molar refractivity (Wildman–Crippen MR) is 112 cm³/mol. The number of fused-ring (bicyclic) bond motifs is 1. The second-order valence-corrected chi connectivity index (χ2v) is 7.85. The normalized spacial score (nSPS) is 17.7. The van der Waals surface area contributed by atoms with Crippen molar-refractivity contribution in [1.82, 2.24) is 14.5 Å². The summed E-state index contributed by atoms with van der Waals surface area (Å²) >= 11 is 0. The van der Waals surface area contributed by atoms with E-state index in [0.29, 0.717) is 41.6 Å². The SMILES string of the molecule is CCc1cc(C(N)=O)cc(F)c1CCc1cc2c(ncn2C)c(NC(=O)[C@H]2C[C@H]2F)n1. The Bertz CT molecular complexity index is 1190. The summed E-state index contributed by atoms with van der Waals surface area (Å²) in [5.74, 6) is -1.93. The van der Waals surface area contributed by atoms with E-state index in [0.717, 1.165) is 11.6 Å². The molecule has 1 aliphatic carbocycles. The molecule has 1 aliphatic rings. The number of imidazole rings is 1. The Morgan fingerprint density at radius 2 is 2.03 bits per heavy atom. The highest BCUT2D eigenvalue weighted by molar-refractivity contribution is 6.00. The second-order valence-electron chi connectivity index (χ2n) is 7.85. The molecule has 162 valence electrons. The first kappa shape index (κ1) is 20.9. The number of rotatable bonds is 7. The van der Waals surface area contributed by atoms with Crippen molar-refractivity contribution in [1.29, 1.82) is 0 Å². The van der Waals surface area contributed by atoms with Crippen molar-refractivity contribution in [3.8, 4) is 0 Å². The van der Waals surface area contributed by atoms with Gasteiger partial charge in [0.2, 0.25) is 11.8 Å². The van der Waals surface area contributed by atoms with E-state index >= 15 is 0 Å². The van der Waals surface area contributed by atoms with Crippen LogP contribution >= 0.6 is 0 Å². The Morgan fingerprint density at radius 1 is 1.29 bits per heavy atom. The van der Waals surface area contributed by atoms with Gasteiger partial charge in [0.25, 0.3) is 0 Å². The number of hydrogen-bond donors (Lipinski definition) is 2. The van der Waals surface area contributed by atoms with Gasteiger partial charge in [-0.05, 0) is 55.0 Å². The first-order valence-electron chi connectivity index (χ1n) is 10.2. The molecule has 0 aliphatic heterocycles. The largest absolute Gasteiger partial charge is 0.366 e. The van der Waals surface area contributed by atoms with Gasteiger partial charge in [0, 0.05) is 18.3 Å². The number of halogens is 2. The standard InChI is InChI=1S/C22H23F2N5O2/c1-3-11-6-12(20(25)30)7-16(23)14(11)5-4-13-8-18-19(26-10-29(18)2)21(27-13)28-22(31)15-9-17(15)24/h6-8,10,15,17H,3-5,9H2,1-2H3,(H2,25,30)(H,27,28,31)/t15-,17+/m0/s1. The van der Waals surface area contributed by atoms with Gasteiger partial charge < -0.3 is 15.6 Å². The van der Waals surface area contributed by atoms with E-state index in [4.69, 9.17) is 5.73 Å². The minimum absolute atomic E-state index is 0.142. The molecular formula is C22H23F2N5O2. The molecular weight excluding hydrogens is 404 g/mol. The lowest BCUT2D eigenvalue weighted by atomic mass is 9.96. The van der Waals surface area contributed by atoms with E-state index in [2.05, 4.69) is 15.3 Å². The number of primary amides is 1. The lowest BCUT2D eigenvalue weighted by molar-refractivity contribution is -0.117. The van der Waals surface area contributed by atoms with Gasteiger partial charge in [0.15, 0.2) is 5.82 Å². The number of anilines is 1. The molecule has 2 aromatic heterocycles. The number of amides is 2. The van der Waals surface area contributed by atoms with Gasteiger partial charge in [0.1, 0.15) is 17.5 Å². The number of nitrogens with zero attached hydrogens (tertiary/aromatic N) is 3. The molecule has 1 fully saturated rings. The molecule has 31 heavy (non-hydrogen) atoms. The number of pyridine rings is 1. The van der Waals surface area contributed by atoms with Crippen LogP contribution in [0.4, 0.5) is 14.6 Å². The van der Waals surface area contributed by atoms with Crippen molar-refractivity contribution in [2.45, 2.75) is 38.8 Å². The molecule has 0 saturated heterocycles. The van der Waals surface area contributed by atoms with Crippen LogP contribution in [0.5, 0.6) is 0 Å². The van der Waals surface area contributed by atoms with E-state index in [9.17, 15) is 18.4 Å². The summed E-state index contributed by atoms with van der Waals surface area (Å²) in [5.41, 5.74) is 8.56. The van der Waals surface area contributed by atoms with E-state index in [1.165, 1.54) is 0 Å². The summed E-state index contributed by atoms with van der Waals surface area (Å²) in [7, 11) is 1.82. The fraction of sp³-hybridized carbons (Fsp3) is 0.364. The van der Waals surface area contributed by atoms with Crippen LogP contribution in [0.15, 0.2) is 24.5 Å². The molecule has 3 aromatic rings. The number of alkyl halides is 1. The third-order valence-electron chi connectivity index (χ3n) is 5.64. The minimum Gasteiger partial charge on any atom is -0.366 e. The van der Waals surface area contributed by atoms with Gasteiger partial charge in [-0.1, -0.05) is 6.92 Å². The molecule has 0 spiro atoms. The Labute approximate surface area is 177 Å². The number of aryl methyl sites for hydroxylation is 3. The molecule has 1 aromatic carbocycles. The van der Waals surface area contributed by atoms with Crippen LogP contribution in [-0.4, -0.2) is 32.5 Å². The number of nitrogens with two attached hydrogens (primary N) is 1. The summed E-state index contributed by atoms with van der Waals surface area (Å²) in [6, 6.07) is 4.62. The molecule has 0 bridgehead atoms. The second kappa shape index (κ2) is 8.05. The maximum Gasteiger partial charge on any atom is 0.248 e. The topological polar surface area (TPSA) is 103 Å². The average Bonchev–Trinajstić information content (AvgIpc) is 3.36. The highest BCUT2D eigenvalue weighted by atomic mass is 19.1. The van der Waals surface area contributed by atoms with Crippen LogP contribution < -0.4 is 11.1 Å². The summed E-state index contributed by atoms with van der Waals surface area (Å²) < 4.78 is 29.7. The third-order valence-corrected chi connectivity index (χ3v) is 5.64. The fourth-order valence-electron chi connectivity index (χ4n) is 3.72. The van der Waals surface area contributed by atoms with Crippen molar-refractivity contribution in [3.05, 3.63) is 52.7 Å². The van der Waals surface area contributed by atoms with Crippen molar-refractivity contribution in [2.75, 3.05) is 5.32 Å². The van der Waals surface area contributed by atoms with Gasteiger partial charge in [-0.3, -0.25) is 9.59 Å². The monoisotopic (exact) mass is 427 g/mol. The minimum atomic E-state index is -1.11. The highest BCUT2D eigenvalue weighted by Gasteiger charge is 2.44. The maximum atomic E-state index is 14.7. The van der Waals surface area contributed by atoms with Crippen molar-refractivity contribution in [3.63, 3.8) is 0 Å². The first-order valence-corrected chi connectivity index (χ1v) is 10.2. The van der Waals surface area contributed by atoms with E-state index in [1.807, 2.05) is 20.0 Å². The van der Waals surface area contributed by atoms with E-state index in [-0.39, 0.29) is 17.8 Å². The summed E-state index contributed by atoms with van der Waals surface area (Å²) in [6.45, 7) is 1.88. The highest BCUT2D eigenvalue weighted by Crippen LogP contribution is 2.35. The zero-order chi connectivity index (χ0) is 22.3. The maximum absolute atomic E-state index is 14.7. The summed E-state index contributed by atoms with van der Waals surface area (Å²) in [4.78, 5) is 32.4. The molecule has 2 atom stereocenters. The number of carbonyl (C=O) groups excluding carboxylic acids is 2.